The Bertz CT molecular complexity index is 327. The third kappa shape index (κ3) is 4.97. The molecule has 0 saturated carbocycles. The van der Waals surface area contributed by atoms with Crippen LogP contribution in [0.2, 0.25) is 0 Å². The van der Waals surface area contributed by atoms with E-state index in [9.17, 15) is 0 Å². The molecule has 0 fully saturated rings. The van der Waals surface area contributed by atoms with Gasteiger partial charge in [0, 0.05) is 12.7 Å². The van der Waals surface area contributed by atoms with E-state index in [0.717, 1.165) is 5.57 Å². The van der Waals surface area contributed by atoms with E-state index in [0.29, 0.717) is 25.6 Å². The van der Waals surface area contributed by atoms with Crippen molar-refractivity contribution in [2.24, 2.45) is 0 Å². The summed E-state index contributed by atoms with van der Waals surface area (Å²) in [7, 11) is 0. The number of ether oxygens (including phenoxy) is 1. The molecule has 1 aromatic rings. The van der Waals surface area contributed by atoms with Crippen LogP contribution in [0.3, 0.4) is 0 Å². The summed E-state index contributed by atoms with van der Waals surface area (Å²) in [5.74, 6) is 0.976. The molecule has 15 heavy (non-hydrogen) atoms. The number of rotatable bonds is 6. The summed E-state index contributed by atoms with van der Waals surface area (Å²) < 4.78 is 5.31. The van der Waals surface area contributed by atoms with Crippen LogP contribution in [0.1, 0.15) is 6.92 Å². The molecule has 0 radical (unpaired) electrons. The summed E-state index contributed by atoms with van der Waals surface area (Å²) in [5.41, 5.74) is 6.44. The number of hydrogen-bond donors (Lipinski definition) is 2. The molecule has 0 aromatic carbocycles. The first-order valence-corrected chi connectivity index (χ1v) is 4.73. The van der Waals surface area contributed by atoms with Crippen molar-refractivity contribution in [1.29, 1.82) is 0 Å². The van der Waals surface area contributed by atoms with Crippen LogP contribution in [0, 0.1) is 0 Å². The van der Waals surface area contributed by atoms with Crippen molar-refractivity contribution >= 4 is 11.8 Å². The number of nitrogens with one attached hydrogen (secondary N) is 1. The van der Waals surface area contributed by atoms with Gasteiger partial charge in [0.05, 0.1) is 13.2 Å². The number of nitrogen functional groups attached to an aromatic ring is 1. The average Bonchev–Trinajstić information content (AvgIpc) is 2.17. The molecule has 0 unspecified atom stereocenters. The first-order chi connectivity index (χ1) is 7.18. The van der Waals surface area contributed by atoms with Crippen LogP contribution in [0.25, 0.3) is 0 Å². The van der Waals surface area contributed by atoms with Crippen LogP contribution >= 0.6 is 0 Å². The van der Waals surface area contributed by atoms with E-state index in [2.05, 4.69) is 21.9 Å². The van der Waals surface area contributed by atoms with Crippen molar-refractivity contribution in [3.8, 4) is 0 Å². The topological polar surface area (TPSA) is 73.1 Å². The summed E-state index contributed by atoms with van der Waals surface area (Å²) >= 11 is 0. The van der Waals surface area contributed by atoms with E-state index in [1.807, 2.05) is 6.92 Å². The molecule has 82 valence electrons. The van der Waals surface area contributed by atoms with Crippen LogP contribution in [0.15, 0.2) is 24.4 Å². The zero-order chi connectivity index (χ0) is 11.1. The lowest BCUT2D eigenvalue weighted by molar-refractivity contribution is 0.167. The van der Waals surface area contributed by atoms with Gasteiger partial charge in [-0.3, -0.25) is 0 Å². The Morgan fingerprint density at radius 2 is 2.47 bits per heavy atom. The zero-order valence-electron chi connectivity index (χ0n) is 8.86. The third-order valence-corrected chi connectivity index (χ3v) is 1.58. The van der Waals surface area contributed by atoms with E-state index in [4.69, 9.17) is 10.5 Å². The number of aromatic nitrogens is 2. The third-order valence-electron chi connectivity index (χ3n) is 1.58. The molecule has 0 aliphatic rings. The molecule has 0 atom stereocenters. The van der Waals surface area contributed by atoms with E-state index < -0.39 is 0 Å². The second-order valence-electron chi connectivity index (χ2n) is 3.24. The fraction of sp³-hybridized carbons (Fsp3) is 0.400. The van der Waals surface area contributed by atoms with Crippen molar-refractivity contribution < 1.29 is 4.74 Å². The maximum Gasteiger partial charge on any atom is 0.221 e. The Hall–Kier alpha value is -1.62. The normalized spacial score (nSPS) is 9.93. The maximum absolute atomic E-state index is 5.42. The lowest BCUT2D eigenvalue weighted by Crippen LogP contribution is -2.11. The van der Waals surface area contributed by atoms with Crippen molar-refractivity contribution in [2.45, 2.75) is 6.92 Å². The Kier molecular flexibility index (Phi) is 4.56. The molecule has 5 nitrogen and oxygen atoms in total. The summed E-state index contributed by atoms with van der Waals surface area (Å²) in [4.78, 5) is 7.78. The highest BCUT2D eigenvalue weighted by Gasteiger charge is 1.94. The van der Waals surface area contributed by atoms with E-state index in [1.54, 1.807) is 12.3 Å². The molecule has 1 aromatic heterocycles. The zero-order valence-corrected chi connectivity index (χ0v) is 8.86. The highest BCUT2D eigenvalue weighted by molar-refractivity contribution is 5.37. The standard InChI is InChI=1S/C10H16N4O/c1-8(2)7-15-6-5-12-9-3-4-13-10(11)14-9/h3-4H,1,5-7H2,2H3,(H3,11,12,13,14). The smallest absolute Gasteiger partial charge is 0.221 e. The van der Waals surface area contributed by atoms with Crippen LogP contribution in [0.5, 0.6) is 0 Å². The van der Waals surface area contributed by atoms with Crippen LogP contribution in [0.4, 0.5) is 11.8 Å². The Labute approximate surface area is 89.4 Å². The van der Waals surface area contributed by atoms with Gasteiger partial charge in [-0.2, -0.15) is 4.98 Å². The monoisotopic (exact) mass is 208 g/mol. The number of anilines is 2. The summed E-state index contributed by atoms with van der Waals surface area (Å²) in [6.45, 7) is 7.55. The van der Waals surface area contributed by atoms with Crippen molar-refractivity contribution in [1.82, 2.24) is 9.97 Å². The molecule has 0 amide bonds. The minimum absolute atomic E-state index is 0.267. The van der Waals surface area contributed by atoms with E-state index in [-0.39, 0.29) is 5.95 Å². The predicted molar refractivity (Wildman–Crippen MR) is 60.6 cm³/mol. The Morgan fingerprint density at radius 1 is 1.67 bits per heavy atom. The molecule has 3 N–H and O–H groups in total. The SMILES string of the molecule is C=C(C)COCCNc1ccnc(N)n1. The maximum atomic E-state index is 5.42. The van der Waals surface area contributed by atoms with Gasteiger partial charge in [0.25, 0.3) is 0 Å². The second-order valence-corrected chi connectivity index (χ2v) is 3.24. The van der Waals surface area contributed by atoms with E-state index >= 15 is 0 Å². The van der Waals surface area contributed by atoms with Gasteiger partial charge in [-0.05, 0) is 13.0 Å². The molecule has 0 aliphatic carbocycles. The number of nitrogens with zero attached hydrogens (tertiary/aromatic N) is 2. The highest BCUT2D eigenvalue weighted by Crippen LogP contribution is 2.01. The van der Waals surface area contributed by atoms with Crippen molar-refractivity contribution in [2.75, 3.05) is 30.8 Å². The van der Waals surface area contributed by atoms with Gasteiger partial charge in [0.1, 0.15) is 5.82 Å². The molecule has 0 spiro atoms. The van der Waals surface area contributed by atoms with Gasteiger partial charge in [0.15, 0.2) is 0 Å². The lowest BCUT2D eigenvalue weighted by Gasteiger charge is -2.06. The first-order valence-electron chi connectivity index (χ1n) is 4.73. The average molecular weight is 208 g/mol. The largest absolute Gasteiger partial charge is 0.375 e. The second kappa shape index (κ2) is 5.98. The van der Waals surface area contributed by atoms with Gasteiger partial charge < -0.3 is 15.8 Å². The fourth-order valence-electron chi connectivity index (χ4n) is 0.970. The Balaban J connectivity index is 2.17. The summed E-state index contributed by atoms with van der Waals surface area (Å²) in [6.07, 6.45) is 1.61. The van der Waals surface area contributed by atoms with Crippen LogP contribution in [-0.4, -0.2) is 29.7 Å². The van der Waals surface area contributed by atoms with Crippen LogP contribution in [-0.2, 0) is 4.74 Å². The number of nitrogens with two attached hydrogens (primary N) is 1. The Morgan fingerprint density at radius 3 is 3.13 bits per heavy atom. The molecule has 0 saturated heterocycles. The molecular weight excluding hydrogens is 192 g/mol. The molecular formula is C10H16N4O. The lowest BCUT2D eigenvalue weighted by atomic mass is 10.4. The van der Waals surface area contributed by atoms with Gasteiger partial charge in [-0.15, -0.1) is 0 Å². The molecule has 5 heteroatoms. The van der Waals surface area contributed by atoms with Gasteiger partial charge in [-0.1, -0.05) is 12.2 Å². The van der Waals surface area contributed by atoms with E-state index in [1.165, 1.54) is 0 Å². The summed E-state index contributed by atoms with van der Waals surface area (Å²) in [5, 5.41) is 3.07. The summed E-state index contributed by atoms with van der Waals surface area (Å²) in [6, 6.07) is 1.76. The molecule has 1 rings (SSSR count). The predicted octanol–water partition coefficient (Wildman–Crippen LogP) is 1.06. The first kappa shape index (κ1) is 11.5. The molecule has 0 bridgehead atoms. The minimum atomic E-state index is 0.267. The van der Waals surface area contributed by atoms with Gasteiger partial charge in [0.2, 0.25) is 5.95 Å². The number of hydrogen-bond acceptors (Lipinski definition) is 5. The van der Waals surface area contributed by atoms with Crippen molar-refractivity contribution in [3.63, 3.8) is 0 Å². The highest BCUT2D eigenvalue weighted by atomic mass is 16.5. The van der Waals surface area contributed by atoms with Gasteiger partial charge in [-0.25, -0.2) is 4.98 Å². The van der Waals surface area contributed by atoms with Crippen LogP contribution < -0.4 is 11.1 Å². The molecule has 0 aliphatic heterocycles. The minimum Gasteiger partial charge on any atom is -0.375 e. The van der Waals surface area contributed by atoms with Crippen molar-refractivity contribution in [3.05, 3.63) is 24.4 Å². The fourth-order valence-corrected chi connectivity index (χ4v) is 0.970. The van der Waals surface area contributed by atoms with Gasteiger partial charge >= 0.3 is 0 Å². The quantitative estimate of drug-likeness (QED) is 0.540. The molecule has 1 heterocycles.